The van der Waals surface area contributed by atoms with Crippen LogP contribution in [0.5, 0.6) is 0 Å². The van der Waals surface area contributed by atoms with E-state index < -0.39 is 24.3 Å². The van der Waals surface area contributed by atoms with E-state index in [1.807, 2.05) is 30.3 Å². The minimum absolute atomic E-state index is 0. The smallest absolute Gasteiger partial charge is 0.542 e. The van der Waals surface area contributed by atoms with Crippen molar-refractivity contribution in [1.29, 1.82) is 0 Å². The van der Waals surface area contributed by atoms with Gasteiger partial charge in [0.25, 0.3) is 0 Å². The summed E-state index contributed by atoms with van der Waals surface area (Å²) in [4.78, 5) is 20.8. The monoisotopic (exact) mass is 260 g/mol. The third-order valence-corrected chi connectivity index (χ3v) is 2.07. The number of hydrogen-bond donors (Lipinski definition) is 1. The van der Waals surface area contributed by atoms with E-state index >= 15 is 0 Å². The molecule has 0 aliphatic heterocycles. The first kappa shape index (κ1) is 17.3. The van der Waals surface area contributed by atoms with Crippen LogP contribution in [0.15, 0.2) is 30.3 Å². The normalized spacial score (nSPS) is 11.4. The molecular weight excluding hydrogens is 247 g/mol. The number of carboxylic acids is 1. The summed E-state index contributed by atoms with van der Waals surface area (Å²) in [6.45, 7) is 0.214. The second-order valence-electron chi connectivity index (χ2n) is 3.57. The van der Waals surface area contributed by atoms with Gasteiger partial charge in [-0.25, -0.2) is 0 Å². The molecule has 0 radical (unpaired) electrons. The van der Waals surface area contributed by atoms with E-state index in [4.69, 9.17) is 4.74 Å². The fraction of sp³-hybridized carbons (Fsp3) is 0.333. The number of rotatable bonds is 7. The van der Waals surface area contributed by atoms with Crippen LogP contribution in [-0.4, -0.2) is 29.6 Å². The molecule has 6 heteroatoms. The van der Waals surface area contributed by atoms with Crippen molar-refractivity contribution in [2.45, 2.75) is 19.1 Å². The number of carboxylic acid groups (broad SMARTS) is 1. The number of carbonyl (C=O) groups is 2. The Hall–Kier alpha value is -0.720. The SMILES string of the molecule is O=C([O-])C(=O)CC(O)COCc1ccccc1.[Na+]. The average molecular weight is 260 g/mol. The summed E-state index contributed by atoms with van der Waals surface area (Å²) in [5.41, 5.74) is 0.936. The van der Waals surface area contributed by atoms with Gasteiger partial charge in [0.15, 0.2) is 5.78 Å². The summed E-state index contributed by atoms with van der Waals surface area (Å²) in [5.74, 6) is -2.91. The molecule has 0 aliphatic carbocycles. The van der Waals surface area contributed by atoms with Crippen molar-refractivity contribution in [2.75, 3.05) is 6.61 Å². The quantitative estimate of drug-likeness (QED) is 0.402. The van der Waals surface area contributed by atoms with Crippen molar-refractivity contribution < 1.29 is 54.1 Å². The summed E-state index contributed by atoms with van der Waals surface area (Å²) >= 11 is 0. The third kappa shape index (κ3) is 6.88. The summed E-state index contributed by atoms with van der Waals surface area (Å²) in [7, 11) is 0. The Balaban J connectivity index is 0.00000289. The standard InChI is InChI=1S/C12H14O5.Na/c13-10(6-11(14)12(15)16)8-17-7-9-4-2-1-3-5-9;/h1-5,10,13H,6-8H2,(H,15,16);/q;+1/p-1. The zero-order chi connectivity index (χ0) is 12.7. The van der Waals surface area contributed by atoms with Crippen LogP contribution in [0.25, 0.3) is 0 Å². The van der Waals surface area contributed by atoms with Gasteiger partial charge in [0, 0.05) is 6.42 Å². The van der Waals surface area contributed by atoms with E-state index in [-0.39, 0.29) is 36.2 Å². The predicted octanol–water partition coefficient (Wildman–Crippen LogP) is -3.72. The minimum Gasteiger partial charge on any atom is -0.542 e. The van der Waals surface area contributed by atoms with Gasteiger partial charge in [-0.05, 0) is 5.56 Å². The van der Waals surface area contributed by atoms with Gasteiger partial charge < -0.3 is 19.7 Å². The van der Waals surface area contributed by atoms with Gasteiger partial charge in [0.2, 0.25) is 0 Å². The first-order valence-corrected chi connectivity index (χ1v) is 5.13. The fourth-order valence-corrected chi connectivity index (χ4v) is 1.24. The van der Waals surface area contributed by atoms with Crippen molar-refractivity contribution in [3.8, 4) is 0 Å². The molecule has 1 rings (SSSR count). The molecule has 0 heterocycles. The van der Waals surface area contributed by atoms with Crippen LogP contribution in [0.3, 0.4) is 0 Å². The summed E-state index contributed by atoms with van der Waals surface area (Å²) in [6, 6.07) is 9.30. The number of benzene rings is 1. The van der Waals surface area contributed by atoms with Gasteiger partial charge in [-0.2, -0.15) is 0 Å². The number of aliphatic hydroxyl groups is 1. The molecule has 5 nitrogen and oxygen atoms in total. The second kappa shape index (κ2) is 9.24. The van der Waals surface area contributed by atoms with Crippen LogP contribution >= 0.6 is 0 Å². The molecule has 18 heavy (non-hydrogen) atoms. The first-order chi connectivity index (χ1) is 8.09. The van der Waals surface area contributed by atoms with E-state index in [2.05, 4.69) is 0 Å². The Kier molecular flexibility index (Phi) is 8.87. The molecule has 0 aliphatic rings. The number of ketones is 1. The summed E-state index contributed by atoms with van der Waals surface area (Å²) in [6.07, 6.45) is -1.61. The zero-order valence-corrected chi connectivity index (χ0v) is 12.2. The summed E-state index contributed by atoms with van der Waals surface area (Å²) < 4.78 is 5.15. The Morgan fingerprint density at radius 3 is 2.44 bits per heavy atom. The van der Waals surface area contributed by atoms with Gasteiger partial charge in [-0.1, -0.05) is 30.3 Å². The van der Waals surface area contributed by atoms with E-state index in [0.717, 1.165) is 5.56 Å². The molecule has 1 unspecified atom stereocenters. The van der Waals surface area contributed by atoms with Crippen molar-refractivity contribution in [3.05, 3.63) is 35.9 Å². The van der Waals surface area contributed by atoms with Gasteiger partial charge in [-0.3, -0.25) is 4.79 Å². The van der Waals surface area contributed by atoms with Gasteiger partial charge in [-0.15, -0.1) is 0 Å². The number of Topliss-reactive ketones (excluding diaryl/α,β-unsaturated/α-hetero) is 1. The maximum atomic E-state index is 10.7. The maximum absolute atomic E-state index is 10.7. The minimum atomic E-state index is -1.79. The molecule has 0 bridgehead atoms. The van der Waals surface area contributed by atoms with Crippen molar-refractivity contribution in [1.82, 2.24) is 0 Å². The molecule has 0 saturated carbocycles. The maximum Gasteiger partial charge on any atom is 1.00 e. The molecule has 1 N–H and O–H groups in total. The topological polar surface area (TPSA) is 86.7 Å². The molecule has 92 valence electrons. The van der Waals surface area contributed by atoms with Crippen LogP contribution < -0.4 is 34.7 Å². The molecule has 0 fully saturated rings. The number of ether oxygens (including phenoxy) is 1. The van der Waals surface area contributed by atoms with E-state index in [1.165, 1.54) is 0 Å². The number of aliphatic hydroxyl groups excluding tert-OH is 1. The van der Waals surface area contributed by atoms with Crippen LogP contribution in [0, 0.1) is 0 Å². The van der Waals surface area contributed by atoms with Gasteiger partial charge in [0.1, 0.15) is 5.97 Å². The number of aliphatic carboxylic acids is 1. The van der Waals surface area contributed by atoms with Crippen LogP contribution in [-0.2, 0) is 20.9 Å². The molecule has 1 aromatic rings. The van der Waals surface area contributed by atoms with Crippen molar-refractivity contribution in [3.63, 3.8) is 0 Å². The van der Waals surface area contributed by atoms with Crippen molar-refractivity contribution >= 4 is 11.8 Å². The number of carbonyl (C=O) groups excluding carboxylic acids is 2. The number of hydrogen-bond acceptors (Lipinski definition) is 5. The van der Waals surface area contributed by atoms with Crippen LogP contribution in [0.2, 0.25) is 0 Å². The molecule has 1 atom stereocenters. The fourth-order valence-electron chi connectivity index (χ4n) is 1.24. The predicted molar refractivity (Wildman–Crippen MR) is 56.7 cm³/mol. The molecule has 0 aromatic heterocycles. The van der Waals surface area contributed by atoms with E-state index in [0.29, 0.717) is 6.61 Å². The largest absolute Gasteiger partial charge is 1.00 e. The molecule has 0 spiro atoms. The Bertz CT molecular complexity index is 379. The first-order valence-electron chi connectivity index (χ1n) is 5.13. The average Bonchev–Trinajstić information content (AvgIpc) is 2.30. The van der Waals surface area contributed by atoms with Crippen LogP contribution in [0.1, 0.15) is 12.0 Å². The van der Waals surface area contributed by atoms with E-state index in [9.17, 15) is 19.8 Å². The molecule has 1 aromatic carbocycles. The molecule has 0 amide bonds. The van der Waals surface area contributed by atoms with E-state index in [1.54, 1.807) is 0 Å². The Morgan fingerprint density at radius 2 is 1.89 bits per heavy atom. The van der Waals surface area contributed by atoms with Crippen molar-refractivity contribution in [2.24, 2.45) is 0 Å². The van der Waals surface area contributed by atoms with Gasteiger partial charge >= 0.3 is 29.6 Å². The zero-order valence-electron chi connectivity index (χ0n) is 10.2. The second-order valence-corrected chi connectivity index (χ2v) is 3.57. The molecular formula is C12H13NaO5. The summed E-state index contributed by atoms with van der Waals surface area (Å²) in [5, 5.41) is 19.4. The van der Waals surface area contributed by atoms with Crippen LogP contribution in [0.4, 0.5) is 0 Å². The van der Waals surface area contributed by atoms with Gasteiger partial charge in [0.05, 0.1) is 19.3 Å². The molecule has 0 saturated heterocycles. The Morgan fingerprint density at radius 1 is 1.28 bits per heavy atom. The Labute approximate surface area is 127 Å². The third-order valence-electron chi connectivity index (χ3n) is 2.07.